The molecule has 110 valence electrons. The van der Waals surface area contributed by atoms with Gasteiger partial charge in [-0.1, -0.05) is 31.9 Å². The van der Waals surface area contributed by atoms with E-state index in [2.05, 4.69) is 47.9 Å². The van der Waals surface area contributed by atoms with Gasteiger partial charge in [0.1, 0.15) is 0 Å². The molecule has 3 fully saturated rings. The molecule has 3 aliphatic rings. The first-order chi connectivity index (χ1) is 10.1. The molecule has 5 rings (SSSR count). The van der Waals surface area contributed by atoms with Gasteiger partial charge in [0.2, 0.25) is 0 Å². The molecule has 0 saturated heterocycles. The second kappa shape index (κ2) is 4.25. The predicted octanol–water partition coefficient (Wildman–Crippen LogP) is 4.35. The standard InChI is InChI=1S/C16H16Br2N2O/c17-9-5-11-10(19-16(21)20-11)4-8(9)15(18)14-12-6-1-2-7(3-6)13(12)14/h4-7,12-15H,1-3H2,(H2,19,20,21). The first-order valence-corrected chi connectivity index (χ1v) is 9.40. The van der Waals surface area contributed by atoms with E-state index in [1.807, 2.05) is 6.07 Å². The van der Waals surface area contributed by atoms with Crippen LogP contribution < -0.4 is 5.69 Å². The number of halogens is 2. The second-order valence-electron chi connectivity index (χ2n) is 6.97. The van der Waals surface area contributed by atoms with Crippen molar-refractivity contribution in [3.8, 4) is 0 Å². The van der Waals surface area contributed by atoms with Crippen LogP contribution >= 0.6 is 31.9 Å². The molecule has 5 atom stereocenters. The molecule has 3 saturated carbocycles. The number of H-pyrrole nitrogens is 2. The highest BCUT2D eigenvalue weighted by Crippen LogP contribution is 2.73. The number of alkyl halides is 1. The van der Waals surface area contributed by atoms with E-state index < -0.39 is 0 Å². The van der Waals surface area contributed by atoms with Crippen molar-refractivity contribution >= 4 is 42.9 Å². The van der Waals surface area contributed by atoms with Crippen LogP contribution in [0, 0.1) is 29.6 Å². The Labute approximate surface area is 139 Å². The molecular formula is C16H16Br2N2O. The monoisotopic (exact) mass is 410 g/mol. The van der Waals surface area contributed by atoms with Crippen LogP contribution in [0.4, 0.5) is 0 Å². The van der Waals surface area contributed by atoms with Crippen molar-refractivity contribution in [1.82, 2.24) is 9.97 Å². The van der Waals surface area contributed by atoms with E-state index in [0.717, 1.165) is 45.1 Å². The van der Waals surface area contributed by atoms with Crippen molar-refractivity contribution in [2.75, 3.05) is 0 Å². The van der Waals surface area contributed by atoms with E-state index in [0.29, 0.717) is 4.83 Å². The minimum absolute atomic E-state index is 0.137. The third-order valence-electron chi connectivity index (χ3n) is 6.06. The van der Waals surface area contributed by atoms with Crippen molar-refractivity contribution in [2.45, 2.75) is 24.1 Å². The van der Waals surface area contributed by atoms with Crippen molar-refractivity contribution in [3.05, 3.63) is 32.7 Å². The maximum absolute atomic E-state index is 11.4. The van der Waals surface area contributed by atoms with E-state index in [1.54, 1.807) is 0 Å². The van der Waals surface area contributed by atoms with E-state index in [4.69, 9.17) is 0 Å². The minimum Gasteiger partial charge on any atom is -0.306 e. The lowest BCUT2D eigenvalue weighted by Crippen LogP contribution is -2.04. The molecular weight excluding hydrogens is 396 g/mol. The van der Waals surface area contributed by atoms with Gasteiger partial charge in [-0.05, 0) is 66.5 Å². The predicted molar refractivity (Wildman–Crippen MR) is 89.6 cm³/mol. The highest BCUT2D eigenvalue weighted by atomic mass is 79.9. The van der Waals surface area contributed by atoms with Crippen molar-refractivity contribution in [3.63, 3.8) is 0 Å². The Morgan fingerprint density at radius 2 is 1.71 bits per heavy atom. The third kappa shape index (κ3) is 1.73. The summed E-state index contributed by atoms with van der Waals surface area (Å²) in [5, 5.41) is 0. The van der Waals surface area contributed by atoms with Crippen molar-refractivity contribution < 1.29 is 0 Å². The van der Waals surface area contributed by atoms with E-state index in [1.165, 1.54) is 24.8 Å². The fraction of sp³-hybridized carbons (Fsp3) is 0.562. The topological polar surface area (TPSA) is 48.6 Å². The summed E-state index contributed by atoms with van der Waals surface area (Å²) >= 11 is 7.65. The molecule has 1 heterocycles. The van der Waals surface area contributed by atoms with Crippen LogP contribution in [0.3, 0.4) is 0 Å². The van der Waals surface area contributed by atoms with Gasteiger partial charge < -0.3 is 9.97 Å². The number of imidazole rings is 1. The van der Waals surface area contributed by atoms with Crippen LogP contribution in [0.15, 0.2) is 21.4 Å². The van der Waals surface area contributed by atoms with Gasteiger partial charge in [-0.15, -0.1) is 0 Å². The highest BCUT2D eigenvalue weighted by Gasteiger charge is 2.66. The first-order valence-electron chi connectivity index (χ1n) is 7.69. The van der Waals surface area contributed by atoms with Crippen molar-refractivity contribution in [2.24, 2.45) is 29.6 Å². The fourth-order valence-corrected chi connectivity index (χ4v) is 7.26. The summed E-state index contributed by atoms with van der Waals surface area (Å²) in [6, 6.07) is 4.14. The van der Waals surface area contributed by atoms with E-state index >= 15 is 0 Å². The molecule has 0 aliphatic heterocycles. The van der Waals surface area contributed by atoms with Crippen molar-refractivity contribution in [1.29, 1.82) is 0 Å². The molecule has 5 heteroatoms. The van der Waals surface area contributed by atoms with Gasteiger partial charge >= 0.3 is 5.69 Å². The second-order valence-corrected chi connectivity index (χ2v) is 8.81. The largest absolute Gasteiger partial charge is 0.323 e. The Bertz CT molecular complexity index is 779. The summed E-state index contributed by atoms with van der Waals surface area (Å²) in [6.45, 7) is 0. The van der Waals surface area contributed by atoms with Gasteiger partial charge in [-0.3, -0.25) is 0 Å². The number of nitrogens with one attached hydrogen (secondary N) is 2. The fourth-order valence-electron chi connectivity index (χ4n) is 5.28. The van der Waals surface area contributed by atoms with E-state index in [-0.39, 0.29) is 5.69 Å². The zero-order chi connectivity index (χ0) is 14.3. The molecule has 1 aromatic carbocycles. The maximum Gasteiger partial charge on any atom is 0.323 e. The molecule has 3 nitrogen and oxygen atoms in total. The third-order valence-corrected chi connectivity index (χ3v) is 7.85. The number of hydrogen-bond acceptors (Lipinski definition) is 1. The molecule has 0 radical (unpaired) electrons. The van der Waals surface area contributed by atoms with Gasteiger partial charge in [0.15, 0.2) is 0 Å². The number of aromatic nitrogens is 2. The zero-order valence-corrected chi connectivity index (χ0v) is 14.6. The van der Waals surface area contributed by atoms with Crippen LogP contribution in [0.25, 0.3) is 11.0 Å². The van der Waals surface area contributed by atoms with Crippen LogP contribution in [0.2, 0.25) is 0 Å². The summed E-state index contributed by atoms with van der Waals surface area (Å²) in [4.78, 5) is 17.5. The van der Waals surface area contributed by atoms with Gasteiger partial charge in [0.05, 0.1) is 11.0 Å². The Hall–Kier alpha value is -0.550. The minimum atomic E-state index is -0.137. The van der Waals surface area contributed by atoms with Crippen LogP contribution in [0.5, 0.6) is 0 Å². The molecule has 0 spiro atoms. The van der Waals surface area contributed by atoms with Gasteiger partial charge in [-0.2, -0.15) is 0 Å². The Balaban J connectivity index is 1.52. The zero-order valence-electron chi connectivity index (χ0n) is 11.4. The summed E-state index contributed by atoms with van der Waals surface area (Å²) < 4.78 is 1.09. The maximum atomic E-state index is 11.4. The summed E-state index contributed by atoms with van der Waals surface area (Å²) in [7, 11) is 0. The molecule has 0 amide bonds. The average molecular weight is 412 g/mol. The van der Waals surface area contributed by atoms with Crippen LogP contribution in [-0.4, -0.2) is 9.97 Å². The molecule has 2 N–H and O–H groups in total. The van der Waals surface area contributed by atoms with Gasteiger partial charge in [-0.25, -0.2) is 4.79 Å². The lowest BCUT2D eigenvalue weighted by molar-refractivity contribution is 0.456. The van der Waals surface area contributed by atoms with Crippen LogP contribution in [0.1, 0.15) is 29.7 Å². The number of rotatable bonds is 2. The lowest BCUT2D eigenvalue weighted by atomic mass is 9.97. The summed E-state index contributed by atoms with van der Waals surface area (Å²) in [5.41, 5.74) is 2.90. The number of benzene rings is 1. The van der Waals surface area contributed by atoms with E-state index in [9.17, 15) is 4.79 Å². The first kappa shape index (κ1) is 12.9. The number of aromatic amines is 2. The Morgan fingerprint density at radius 1 is 1.10 bits per heavy atom. The number of hydrogen-bond donors (Lipinski definition) is 2. The lowest BCUT2D eigenvalue weighted by Gasteiger charge is -2.16. The number of fused-ring (bicyclic) bond motifs is 6. The van der Waals surface area contributed by atoms with Crippen LogP contribution in [-0.2, 0) is 0 Å². The summed E-state index contributed by atoms with van der Waals surface area (Å²) in [6.07, 6.45) is 4.39. The molecule has 5 unspecified atom stereocenters. The molecule has 1 aromatic heterocycles. The molecule has 3 aliphatic carbocycles. The SMILES string of the molecule is O=c1[nH]c2cc(Br)c(C(Br)C3C4C5CCC(C5)C43)cc2[nH]1. The molecule has 2 bridgehead atoms. The summed E-state index contributed by atoms with van der Waals surface area (Å²) in [5.74, 6) is 4.65. The molecule has 21 heavy (non-hydrogen) atoms. The average Bonchev–Trinajstić information content (AvgIpc) is 2.75. The van der Waals surface area contributed by atoms with Gasteiger partial charge in [0.25, 0.3) is 0 Å². The Kier molecular flexibility index (Phi) is 2.62. The highest BCUT2D eigenvalue weighted by molar-refractivity contribution is 9.11. The normalized spacial score (nSPS) is 37.9. The Morgan fingerprint density at radius 3 is 2.38 bits per heavy atom. The quantitative estimate of drug-likeness (QED) is 0.709. The van der Waals surface area contributed by atoms with Gasteiger partial charge in [0, 0.05) is 9.30 Å². The smallest absolute Gasteiger partial charge is 0.306 e. The molecule has 2 aromatic rings.